The Hall–Kier alpha value is -3.28. The molecular weight excluding hydrogens is 302 g/mol. The van der Waals surface area contributed by atoms with Crippen LogP contribution in [0, 0.1) is 0 Å². The third-order valence-electron chi connectivity index (χ3n) is 4.02. The molecule has 24 heavy (non-hydrogen) atoms. The minimum absolute atomic E-state index is 0.0464. The number of nitrogens with zero attached hydrogens (tertiary/aromatic N) is 4. The Labute approximate surface area is 138 Å². The van der Waals surface area contributed by atoms with Gasteiger partial charge < -0.3 is 4.90 Å². The molecule has 3 aromatic heterocycles. The van der Waals surface area contributed by atoms with Crippen molar-refractivity contribution in [3.8, 4) is 11.3 Å². The molecule has 0 atom stereocenters. The van der Waals surface area contributed by atoms with Crippen LogP contribution in [0.5, 0.6) is 0 Å². The number of carbonyl (C=O) groups excluding carboxylic acids is 1. The first kappa shape index (κ1) is 14.3. The molecule has 0 aliphatic carbocycles. The van der Waals surface area contributed by atoms with Gasteiger partial charge in [-0.05, 0) is 18.2 Å². The molecule has 6 heteroatoms. The number of pyridine rings is 2. The second-order valence-corrected chi connectivity index (χ2v) is 5.80. The first-order chi connectivity index (χ1) is 11.6. The average Bonchev–Trinajstić information content (AvgIpc) is 3.14. The number of fused-ring (bicyclic) bond motifs is 3. The van der Waals surface area contributed by atoms with Crippen LogP contribution in [0.4, 0.5) is 0 Å². The van der Waals surface area contributed by atoms with Gasteiger partial charge in [0.1, 0.15) is 0 Å². The van der Waals surface area contributed by atoms with Crippen molar-refractivity contribution in [1.82, 2.24) is 25.1 Å². The van der Waals surface area contributed by atoms with E-state index in [-0.39, 0.29) is 5.91 Å². The van der Waals surface area contributed by atoms with E-state index in [1.807, 2.05) is 36.7 Å². The van der Waals surface area contributed by atoms with Gasteiger partial charge in [0.15, 0.2) is 0 Å². The lowest BCUT2D eigenvalue weighted by Crippen LogP contribution is -2.21. The van der Waals surface area contributed by atoms with Crippen molar-refractivity contribution in [2.24, 2.45) is 0 Å². The molecule has 3 heterocycles. The molecule has 0 saturated heterocycles. The Morgan fingerprint density at radius 1 is 1.08 bits per heavy atom. The zero-order chi connectivity index (χ0) is 16.7. The molecule has 0 unspecified atom stereocenters. The number of rotatable bonds is 2. The van der Waals surface area contributed by atoms with Gasteiger partial charge in [0, 0.05) is 60.0 Å². The number of carbonyl (C=O) groups is 1. The van der Waals surface area contributed by atoms with E-state index >= 15 is 0 Å². The summed E-state index contributed by atoms with van der Waals surface area (Å²) < 4.78 is 0. The lowest BCUT2D eigenvalue weighted by atomic mass is 10.0. The van der Waals surface area contributed by atoms with Gasteiger partial charge >= 0.3 is 0 Å². The SMILES string of the molecule is CN(C)C(=O)c1ccc2c(c1)nc(-c1cn[nH]c1)c1ccncc12. The summed E-state index contributed by atoms with van der Waals surface area (Å²) in [5, 5.41) is 9.81. The summed E-state index contributed by atoms with van der Waals surface area (Å²) in [7, 11) is 3.47. The van der Waals surface area contributed by atoms with Gasteiger partial charge in [-0.2, -0.15) is 5.10 Å². The number of aromatic nitrogens is 4. The van der Waals surface area contributed by atoms with Crippen LogP contribution in [-0.2, 0) is 0 Å². The molecular formula is C18H15N5O. The van der Waals surface area contributed by atoms with Crippen molar-refractivity contribution >= 4 is 27.6 Å². The number of amides is 1. The summed E-state index contributed by atoms with van der Waals surface area (Å²) in [6, 6.07) is 7.54. The highest BCUT2D eigenvalue weighted by Gasteiger charge is 2.14. The fraction of sp³-hybridized carbons (Fsp3) is 0.111. The number of H-pyrrole nitrogens is 1. The van der Waals surface area contributed by atoms with Gasteiger partial charge in [-0.15, -0.1) is 0 Å². The molecule has 0 spiro atoms. The van der Waals surface area contributed by atoms with Crippen molar-refractivity contribution in [3.63, 3.8) is 0 Å². The Kier molecular flexibility index (Phi) is 3.23. The highest BCUT2D eigenvalue weighted by molar-refractivity contribution is 6.11. The maximum atomic E-state index is 12.2. The summed E-state index contributed by atoms with van der Waals surface area (Å²) in [4.78, 5) is 22.8. The average molecular weight is 317 g/mol. The van der Waals surface area contributed by atoms with Crippen molar-refractivity contribution in [1.29, 1.82) is 0 Å². The quantitative estimate of drug-likeness (QED) is 0.577. The Morgan fingerprint density at radius 2 is 1.96 bits per heavy atom. The van der Waals surface area contributed by atoms with Gasteiger partial charge in [0.05, 0.1) is 17.4 Å². The molecule has 0 saturated carbocycles. The van der Waals surface area contributed by atoms with Gasteiger partial charge in [-0.1, -0.05) is 6.07 Å². The summed E-state index contributed by atoms with van der Waals surface area (Å²) in [5.74, 6) is -0.0464. The molecule has 0 bridgehead atoms. The largest absolute Gasteiger partial charge is 0.345 e. The highest BCUT2D eigenvalue weighted by Crippen LogP contribution is 2.31. The van der Waals surface area contributed by atoms with E-state index in [0.717, 1.165) is 32.9 Å². The lowest BCUT2D eigenvalue weighted by Gasteiger charge is -2.12. The van der Waals surface area contributed by atoms with E-state index in [9.17, 15) is 4.79 Å². The van der Waals surface area contributed by atoms with E-state index in [2.05, 4.69) is 15.2 Å². The first-order valence-corrected chi connectivity index (χ1v) is 7.53. The van der Waals surface area contributed by atoms with Gasteiger partial charge in [0.25, 0.3) is 5.91 Å². The Bertz CT molecular complexity index is 1050. The molecule has 0 aliphatic heterocycles. The van der Waals surface area contributed by atoms with Crippen LogP contribution >= 0.6 is 0 Å². The van der Waals surface area contributed by atoms with Crippen LogP contribution < -0.4 is 0 Å². The molecule has 118 valence electrons. The number of hydrogen-bond acceptors (Lipinski definition) is 4. The van der Waals surface area contributed by atoms with Crippen LogP contribution in [0.2, 0.25) is 0 Å². The maximum absolute atomic E-state index is 12.2. The molecule has 0 aliphatic rings. The van der Waals surface area contributed by atoms with E-state index < -0.39 is 0 Å². The maximum Gasteiger partial charge on any atom is 0.253 e. The molecule has 1 N–H and O–H groups in total. The lowest BCUT2D eigenvalue weighted by molar-refractivity contribution is 0.0828. The zero-order valence-corrected chi connectivity index (χ0v) is 13.3. The zero-order valence-electron chi connectivity index (χ0n) is 13.3. The van der Waals surface area contributed by atoms with E-state index in [0.29, 0.717) is 5.56 Å². The third kappa shape index (κ3) is 2.20. The molecule has 1 amide bonds. The number of aromatic amines is 1. The smallest absolute Gasteiger partial charge is 0.253 e. The van der Waals surface area contributed by atoms with Crippen LogP contribution in [-0.4, -0.2) is 45.1 Å². The van der Waals surface area contributed by atoms with Gasteiger partial charge in [-0.3, -0.25) is 14.9 Å². The molecule has 1 aromatic carbocycles. The molecule has 0 fully saturated rings. The molecule has 0 radical (unpaired) electrons. The monoisotopic (exact) mass is 317 g/mol. The number of hydrogen-bond donors (Lipinski definition) is 1. The normalized spacial score (nSPS) is 11.1. The highest BCUT2D eigenvalue weighted by atomic mass is 16.2. The van der Waals surface area contributed by atoms with Crippen LogP contribution in [0.3, 0.4) is 0 Å². The molecule has 4 rings (SSSR count). The number of nitrogens with one attached hydrogen (secondary N) is 1. The van der Waals surface area contributed by atoms with Crippen LogP contribution in [0.15, 0.2) is 49.1 Å². The first-order valence-electron chi connectivity index (χ1n) is 7.53. The van der Waals surface area contributed by atoms with E-state index in [1.165, 1.54) is 0 Å². The second kappa shape index (κ2) is 5.42. The predicted molar refractivity (Wildman–Crippen MR) is 92.6 cm³/mol. The Morgan fingerprint density at radius 3 is 2.71 bits per heavy atom. The topological polar surface area (TPSA) is 74.8 Å². The summed E-state index contributed by atoms with van der Waals surface area (Å²) >= 11 is 0. The standard InChI is InChI=1S/C18H15N5O/c1-23(2)18(24)11-3-4-13-15-10-19-6-5-14(15)17(22-16(13)7-11)12-8-20-21-9-12/h3-10H,1-2H3,(H,20,21). The summed E-state index contributed by atoms with van der Waals surface area (Å²) in [6.07, 6.45) is 7.13. The molecule has 6 nitrogen and oxygen atoms in total. The summed E-state index contributed by atoms with van der Waals surface area (Å²) in [5.41, 5.74) is 3.10. The van der Waals surface area contributed by atoms with Gasteiger partial charge in [-0.25, -0.2) is 4.98 Å². The minimum Gasteiger partial charge on any atom is -0.345 e. The van der Waals surface area contributed by atoms with Crippen LogP contribution in [0.1, 0.15) is 10.4 Å². The fourth-order valence-corrected chi connectivity index (χ4v) is 2.84. The van der Waals surface area contributed by atoms with Crippen molar-refractivity contribution in [2.45, 2.75) is 0 Å². The van der Waals surface area contributed by atoms with E-state index in [4.69, 9.17) is 4.98 Å². The predicted octanol–water partition coefficient (Wildman–Crippen LogP) is 2.87. The van der Waals surface area contributed by atoms with Crippen LogP contribution in [0.25, 0.3) is 32.9 Å². The minimum atomic E-state index is -0.0464. The van der Waals surface area contributed by atoms with E-state index in [1.54, 1.807) is 31.4 Å². The fourth-order valence-electron chi connectivity index (χ4n) is 2.84. The molecule has 4 aromatic rings. The summed E-state index contributed by atoms with van der Waals surface area (Å²) in [6.45, 7) is 0. The van der Waals surface area contributed by atoms with Gasteiger partial charge in [0.2, 0.25) is 0 Å². The van der Waals surface area contributed by atoms with Crippen molar-refractivity contribution in [3.05, 3.63) is 54.6 Å². The third-order valence-corrected chi connectivity index (χ3v) is 4.02. The number of benzene rings is 1. The van der Waals surface area contributed by atoms with Crippen molar-refractivity contribution in [2.75, 3.05) is 14.1 Å². The Balaban J connectivity index is 2.05. The second-order valence-electron chi connectivity index (χ2n) is 5.80. The van der Waals surface area contributed by atoms with Crippen molar-refractivity contribution < 1.29 is 4.79 Å².